The van der Waals surface area contributed by atoms with Crippen LogP contribution in [-0.4, -0.2) is 24.8 Å². The number of unbranched alkanes of at least 4 members (excludes halogenated alkanes) is 1. The third kappa shape index (κ3) is 9.22. The van der Waals surface area contributed by atoms with Crippen molar-refractivity contribution in [1.29, 1.82) is 0 Å². The number of aliphatic imine (C=N–C) groups is 1. The maximum Gasteiger partial charge on any atom is 0.0627 e. The number of hydrogen-bond donors (Lipinski definition) is 0. The van der Waals surface area contributed by atoms with Crippen LogP contribution in [0.2, 0.25) is 0 Å². The van der Waals surface area contributed by atoms with Crippen LogP contribution in [0.4, 0.5) is 0 Å². The van der Waals surface area contributed by atoms with Crippen LogP contribution in [0.3, 0.4) is 0 Å². The first kappa shape index (κ1) is 19.3. The summed E-state index contributed by atoms with van der Waals surface area (Å²) in [6.45, 7) is 14.2. The van der Waals surface area contributed by atoms with Gasteiger partial charge in [0.1, 0.15) is 0 Å². The van der Waals surface area contributed by atoms with Crippen molar-refractivity contribution in [3.63, 3.8) is 0 Å². The maximum atomic E-state index is 5.03. The Morgan fingerprint density at radius 3 is 2.25 bits per heavy atom. The molecular formula is C17H35N3. The van der Waals surface area contributed by atoms with Gasteiger partial charge in [-0.2, -0.15) is 10.2 Å². The molecule has 0 bridgehead atoms. The molecule has 3 heteroatoms. The van der Waals surface area contributed by atoms with Crippen molar-refractivity contribution in [3.8, 4) is 0 Å². The molecule has 2 unspecified atom stereocenters. The average molecular weight is 281 g/mol. The van der Waals surface area contributed by atoms with Gasteiger partial charge in [-0.15, -0.1) is 0 Å². The Morgan fingerprint density at radius 2 is 1.80 bits per heavy atom. The third-order valence-electron chi connectivity index (χ3n) is 3.44. The monoisotopic (exact) mass is 281 g/mol. The van der Waals surface area contributed by atoms with E-state index < -0.39 is 0 Å². The van der Waals surface area contributed by atoms with Crippen molar-refractivity contribution in [2.45, 2.75) is 79.2 Å². The first-order chi connectivity index (χ1) is 9.34. The largest absolute Gasteiger partial charge is 0.288 e. The van der Waals surface area contributed by atoms with Crippen LogP contribution < -0.4 is 0 Å². The highest BCUT2D eigenvalue weighted by atomic mass is 15.1. The van der Waals surface area contributed by atoms with Gasteiger partial charge in [-0.05, 0) is 51.9 Å². The molecule has 0 aliphatic rings. The summed E-state index contributed by atoms with van der Waals surface area (Å²) in [5, 5.41) is 8.00. The molecule has 2 atom stereocenters. The van der Waals surface area contributed by atoms with Gasteiger partial charge in [0.2, 0.25) is 0 Å². The maximum absolute atomic E-state index is 5.03. The second kappa shape index (κ2) is 10.1. The van der Waals surface area contributed by atoms with Gasteiger partial charge >= 0.3 is 0 Å². The van der Waals surface area contributed by atoms with Crippen molar-refractivity contribution in [1.82, 2.24) is 0 Å². The lowest BCUT2D eigenvalue weighted by molar-refractivity contribution is 0.509. The predicted octanol–water partition coefficient (Wildman–Crippen LogP) is 5.55. The molecule has 0 aromatic carbocycles. The van der Waals surface area contributed by atoms with Crippen molar-refractivity contribution in [2.24, 2.45) is 27.1 Å². The molecule has 0 aromatic rings. The Morgan fingerprint density at radius 1 is 1.15 bits per heavy atom. The lowest BCUT2D eigenvalue weighted by Gasteiger charge is -2.24. The average Bonchev–Trinajstić information content (AvgIpc) is 2.35. The smallest absolute Gasteiger partial charge is 0.0627 e. The normalized spacial score (nSPS) is 16.6. The molecular weight excluding hydrogens is 246 g/mol. The summed E-state index contributed by atoms with van der Waals surface area (Å²) in [7, 11) is 1.74. The number of azo groups is 1. The Balaban J connectivity index is 4.92. The first-order valence-corrected chi connectivity index (χ1v) is 8.18. The van der Waals surface area contributed by atoms with E-state index in [0.29, 0.717) is 11.8 Å². The Hall–Kier alpha value is -0.730. The highest BCUT2D eigenvalue weighted by Gasteiger charge is 2.19. The van der Waals surface area contributed by atoms with Gasteiger partial charge in [-0.1, -0.05) is 33.6 Å². The molecule has 0 aliphatic heterocycles. The summed E-state index contributed by atoms with van der Waals surface area (Å²) in [5.74, 6) is 1.16. The Bertz CT molecular complexity index is 300. The van der Waals surface area contributed by atoms with Crippen molar-refractivity contribution in [2.75, 3.05) is 13.6 Å². The highest BCUT2D eigenvalue weighted by Crippen LogP contribution is 2.22. The van der Waals surface area contributed by atoms with Crippen LogP contribution in [0.25, 0.3) is 0 Å². The summed E-state index contributed by atoms with van der Waals surface area (Å²) in [6.07, 6.45) is 6.07. The first-order valence-electron chi connectivity index (χ1n) is 8.18. The van der Waals surface area contributed by atoms with Gasteiger partial charge in [-0.25, -0.2) is 0 Å². The van der Waals surface area contributed by atoms with Gasteiger partial charge in [0.05, 0.1) is 12.1 Å². The van der Waals surface area contributed by atoms with Crippen LogP contribution in [0.1, 0.15) is 73.6 Å². The number of nitrogens with zero attached hydrogens (tertiary/aromatic N) is 3. The van der Waals surface area contributed by atoms with E-state index in [-0.39, 0.29) is 5.54 Å². The molecule has 0 saturated heterocycles. The van der Waals surface area contributed by atoms with Crippen LogP contribution in [0.15, 0.2) is 15.2 Å². The molecule has 0 N–H and O–H groups in total. The van der Waals surface area contributed by atoms with Gasteiger partial charge in [-0.3, -0.25) is 4.99 Å². The van der Waals surface area contributed by atoms with E-state index in [1.807, 2.05) is 0 Å². The molecule has 20 heavy (non-hydrogen) atoms. The zero-order chi connectivity index (χ0) is 15.6. The van der Waals surface area contributed by atoms with E-state index in [9.17, 15) is 0 Å². The SMILES string of the molecule is CCCCC(CC)C(CC(C)CN=NC)=NC(C)(C)C. The molecule has 0 heterocycles. The lowest BCUT2D eigenvalue weighted by atomic mass is 9.88. The quantitative estimate of drug-likeness (QED) is 0.392. The molecule has 0 aliphatic carbocycles. The van der Waals surface area contributed by atoms with Crippen LogP contribution in [-0.2, 0) is 0 Å². The second-order valence-corrected chi connectivity index (χ2v) is 6.85. The summed E-state index contributed by atoms with van der Waals surface area (Å²) < 4.78 is 0. The molecule has 0 radical (unpaired) electrons. The van der Waals surface area contributed by atoms with Gasteiger partial charge in [0.15, 0.2) is 0 Å². The van der Waals surface area contributed by atoms with Crippen LogP contribution >= 0.6 is 0 Å². The van der Waals surface area contributed by atoms with E-state index in [1.165, 1.54) is 31.4 Å². The van der Waals surface area contributed by atoms with E-state index in [2.05, 4.69) is 51.8 Å². The summed E-state index contributed by atoms with van der Waals surface area (Å²) in [4.78, 5) is 5.03. The zero-order valence-corrected chi connectivity index (χ0v) is 14.7. The Kier molecular flexibility index (Phi) is 9.70. The lowest BCUT2D eigenvalue weighted by Crippen LogP contribution is -2.23. The van der Waals surface area contributed by atoms with E-state index in [4.69, 9.17) is 4.99 Å². The summed E-state index contributed by atoms with van der Waals surface area (Å²) in [5.41, 5.74) is 1.41. The highest BCUT2D eigenvalue weighted by molar-refractivity contribution is 5.87. The second-order valence-electron chi connectivity index (χ2n) is 6.85. The molecule has 3 nitrogen and oxygen atoms in total. The standard InChI is InChI=1S/C17H35N3/c1-8-10-11-15(9-2)16(20-17(4,5)6)12-14(3)13-19-18-7/h14-15H,8-13H2,1-7H3. The van der Waals surface area contributed by atoms with Crippen molar-refractivity contribution in [3.05, 3.63) is 0 Å². The molecule has 0 saturated carbocycles. The van der Waals surface area contributed by atoms with E-state index in [1.54, 1.807) is 7.05 Å². The molecule has 0 rings (SSSR count). The summed E-state index contributed by atoms with van der Waals surface area (Å²) in [6, 6.07) is 0. The fourth-order valence-electron chi connectivity index (χ4n) is 2.43. The number of hydrogen-bond acceptors (Lipinski definition) is 3. The summed E-state index contributed by atoms with van der Waals surface area (Å²) >= 11 is 0. The third-order valence-corrected chi connectivity index (χ3v) is 3.44. The fraction of sp³-hybridized carbons (Fsp3) is 0.941. The van der Waals surface area contributed by atoms with Gasteiger partial charge < -0.3 is 0 Å². The zero-order valence-electron chi connectivity index (χ0n) is 14.7. The van der Waals surface area contributed by atoms with E-state index in [0.717, 1.165) is 13.0 Å². The van der Waals surface area contributed by atoms with Gasteiger partial charge in [0, 0.05) is 12.8 Å². The molecule has 118 valence electrons. The van der Waals surface area contributed by atoms with Crippen molar-refractivity contribution < 1.29 is 0 Å². The Labute approximate surface area is 126 Å². The molecule has 0 amide bonds. The predicted molar refractivity (Wildman–Crippen MR) is 89.9 cm³/mol. The minimum absolute atomic E-state index is 0.0148. The molecule has 0 spiro atoms. The minimum Gasteiger partial charge on any atom is -0.288 e. The topological polar surface area (TPSA) is 37.1 Å². The molecule has 0 fully saturated rings. The van der Waals surface area contributed by atoms with Gasteiger partial charge in [0.25, 0.3) is 0 Å². The van der Waals surface area contributed by atoms with E-state index >= 15 is 0 Å². The number of rotatable bonds is 9. The molecule has 0 aromatic heterocycles. The van der Waals surface area contributed by atoms with Crippen LogP contribution in [0, 0.1) is 11.8 Å². The van der Waals surface area contributed by atoms with Crippen LogP contribution in [0.5, 0.6) is 0 Å². The minimum atomic E-state index is 0.0148. The van der Waals surface area contributed by atoms with Crippen molar-refractivity contribution >= 4 is 5.71 Å². The fourth-order valence-corrected chi connectivity index (χ4v) is 2.43.